The largest absolute Gasteiger partial charge is 0.293 e. The first-order chi connectivity index (χ1) is 19.8. The Morgan fingerprint density at radius 1 is 0.525 bits per heavy atom. The molecule has 2 nitrogen and oxygen atoms in total. The van der Waals surface area contributed by atoms with Gasteiger partial charge in [0, 0.05) is 31.7 Å². The fourth-order valence-corrected chi connectivity index (χ4v) is 6.79. The first-order valence-corrected chi connectivity index (χ1v) is 14.3. The van der Waals surface area contributed by atoms with Crippen molar-refractivity contribution in [2.75, 3.05) is 0 Å². The van der Waals surface area contributed by atoms with E-state index in [2.05, 4.69) is 150 Å². The van der Waals surface area contributed by atoms with Crippen molar-refractivity contribution in [3.8, 4) is 28.2 Å². The fourth-order valence-electron chi connectivity index (χ4n) is 5.74. The number of hydrogen-bond donors (Lipinski definition) is 0. The molecule has 3 heterocycles. The molecule has 3 heteroatoms. The summed E-state index contributed by atoms with van der Waals surface area (Å²) in [5.74, 6) is 0.917. The summed E-state index contributed by atoms with van der Waals surface area (Å²) in [6, 6.07) is 47.3. The van der Waals surface area contributed by atoms with E-state index in [1.807, 2.05) is 11.8 Å². The van der Waals surface area contributed by atoms with Gasteiger partial charge in [0.05, 0.1) is 16.7 Å². The Labute approximate surface area is 237 Å². The lowest BCUT2D eigenvalue weighted by Gasteiger charge is -2.14. The smallest absolute Gasteiger partial charge is 0.138 e. The van der Waals surface area contributed by atoms with E-state index in [9.17, 15) is 0 Å². The van der Waals surface area contributed by atoms with Crippen LogP contribution in [0, 0.1) is 0 Å². The minimum atomic E-state index is 0.917. The van der Waals surface area contributed by atoms with Crippen molar-refractivity contribution in [3.05, 3.63) is 145 Å². The molecule has 0 atom stereocenters. The van der Waals surface area contributed by atoms with E-state index in [4.69, 9.17) is 4.98 Å². The van der Waals surface area contributed by atoms with Crippen LogP contribution in [0.1, 0.15) is 11.1 Å². The third-order valence-corrected chi connectivity index (χ3v) is 8.79. The Kier molecular flexibility index (Phi) is 5.42. The van der Waals surface area contributed by atoms with Gasteiger partial charge in [0.15, 0.2) is 0 Å². The lowest BCUT2D eigenvalue weighted by molar-refractivity contribution is 1.08. The van der Waals surface area contributed by atoms with Crippen LogP contribution in [-0.4, -0.2) is 9.55 Å². The maximum atomic E-state index is 5.32. The summed E-state index contributed by atoms with van der Waals surface area (Å²) in [5.41, 5.74) is 9.20. The minimum absolute atomic E-state index is 0.917. The Balaban J connectivity index is 1.46. The quantitative estimate of drug-likeness (QED) is 0.227. The number of pyridine rings is 1. The lowest BCUT2D eigenvalue weighted by atomic mass is 10.0. The highest BCUT2D eigenvalue weighted by molar-refractivity contribution is 7.99. The SMILES string of the molecule is C1=Cc2c(ccc3c4ccccc4n(-c4cc(-c5ccccc5)cc(-c5ccccc5)n4)c23)Sc2ccccc21. The zero-order chi connectivity index (χ0) is 26.5. The van der Waals surface area contributed by atoms with Crippen LogP contribution in [0.5, 0.6) is 0 Å². The van der Waals surface area contributed by atoms with E-state index in [0.29, 0.717) is 0 Å². The zero-order valence-electron chi connectivity index (χ0n) is 21.7. The summed E-state index contributed by atoms with van der Waals surface area (Å²) in [6.07, 6.45) is 4.53. The van der Waals surface area contributed by atoms with Gasteiger partial charge >= 0.3 is 0 Å². The van der Waals surface area contributed by atoms with Crippen LogP contribution in [-0.2, 0) is 0 Å². The molecule has 40 heavy (non-hydrogen) atoms. The first kappa shape index (κ1) is 23.1. The Morgan fingerprint density at radius 2 is 1.25 bits per heavy atom. The van der Waals surface area contributed by atoms with Gasteiger partial charge < -0.3 is 0 Å². The van der Waals surface area contributed by atoms with Gasteiger partial charge in [-0.2, -0.15) is 0 Å². The number of aromatic nitrogens is 2. The van der Waals surface area contributed by atoms with Gasteiger partial charge in [0.2, 0.25) is 0 Å². The monoisotopic (exact) mass is 528 g/mol. The summed E-state index contributed by atoms with van der Waals surface area (Å²) in [7, 11) is 0. The van der Waals surface area contributed by atoms with Gasteiger partial charge in [-0.3, -0.25) is 4.57 Å². The van der Waals surface area contributed by atoms with E-state index in [1.54, 1.807) is 0 Å². The van der Waals surface area contributed by atoms with Gasteiger partial charge in [-0.25, -0.2) is 4.98 Å². The molecule has 0 radical (unpaired) electrons. The molecule has 0 bridgehead atoms. The summed E-state index contributed by atoms with van der Waals surface area (Å²) in [6.45, 7) is 0. The maximum absolute atomic E-state index is 5.32. The van der Waals surface area contributed by atoms with Crippen LogP contribution >= 0.6 is 11.8 Å². The molecule has 0 fully saturated rings. The van der Waals surface area contributed by atoms with Crippen molar-refractivity contribution >= 4 is 45.7 Å². The van der Waals surface area contributed by atoms with E-state index >= 15 is 0 Å². The topological polar surface area (TPSA) is 17.8 Å². The molecule has 188 valence electrons. The number of hydrogen-bond acceptors (Lipinski definition) is 2. The molecule has 0 spiro atoms. The van der Waals surface area contributed by atoms with Crippen LogP contribution < -0.4 is 0 Å². The van der Waals surface area contributed by atoms with E-state index in [-0.39, 0.29) is 0 Å². The predicted octanol–water partition coefficient (Wildman–Crippen LogP) is 10.1. The molecule has 1 aliphatic heterocycles. The molecular formula is C37H24N2S. The van der Waals surface area contributed by atoms with Crippen molar-refractivity contribution in [1.29, 1.82) is 0 Å². The maximum Gasteiger partial charge on any atom is 0.138 e. The first-order valence-electron chi connectivity index (χ1n) is 13.5. The van der Waals surface area contributed by atoms with E-state index in [1.165, 1.54) is 42.8 Å². The molecule has 0 amide bonds. The molecular weight excluding hydrogens is 504 g/mol. The van der Waals surface area contributed by atoms with Crippen LogP contribution in [0.4, 0.5) is 0 Å². The van der Waals surface area contributed by atoms with Crippen LogP contribution in [0.2, 0.25) is 0 Å². The van der Waals surface area contributed by atoms with Crippen molar-refractivity contribution in [3.63, 3.8) is 0 Å². The number of nitrogens with zero attached hydrogens (tertiary/aromatic N) is 2. The van der Waals surface area contributed by atoms with Gasteiger partial charge in [-0.15, -0.1) is 0 Å². The Hall–Kier alpha value is -4.86. The average molecular weight is 529 g/mol. The summed E-state index contributed by atoms with van der Waals surface area (Å²) in [4.78, 5) is 7.84. The lowest BCUT2D eigenvalue weighted by Crippen LogP contribution is -2.01. The molecule has 0 unspecified atom stereocenters. The van der Waals surface area contributed by atoms with Crippen LogP contribution in [0.15, 0.2) is 143 Å². The Bertz CT molecular complexity index is 2010. The molecule has 5 aromatic carbocycles. The van der Waals surface area contributed by atoms with Crippen molar-refractivity contribution in [2.45, 2.75) is 9.79 Å². The third-order valence-electron chi connectivity index (χ3n) is 7.62. The molecule has 1 aliphatic rings. The number of rotatable bonds is 3. The van der Waals surface area contributed by atoms with E-state index < -0.39 is 0 Å². The zero-order valence-corrected chi connectivity index (χ0v) is 22.5. The van der Waals surface area contributed by atoms with Gasteiger partial charge in [0.25, 0.3) is 0 Å². The highest BCUT2D eigenvalue weighted by Gasteiger charge is 2.21. The van der Waals surface area contributed by atoms with Crippen molar-refractivity contribution in [2.24, 2.45) is 0 Å². The second-order valence-corrected chi connectivity index (χ2v) is 11.1. The van der Waals surface area contributed by atoms with Gasteiger partial charge in [-0.05, 0) is 47.0 Å². The van der Waals surface area contributed by atoms with Crippen LogP contribution in [0.25, 0.3) is 62.2 Å². The predicted molar refractivity (Wildman–Crippen MR) is 169 cm³/mol. The number of benzene rings is 5. The average Bonchev–Trinajstić information content (AvgIpc) is 3.24. The second-order valence-electron chi connectivity index (χ2n) is 10.0. The van der Waals surface area contributed by atoms with Gasteiger partial charge in [-0.1, -0.05) is 127 Å². The van der Waals surface area contributed by atoms with Crippen LogP contribution in [0.3, 0.4) is 0 Å². The molecule has 0 saturated carbocycles. The summed E-state index contributed by atoms with van der Waals surface area (Å²) in [5, 5.41) is 2.47. The third kappa shape index (κ3) is 3.78. The highest BCUT2D eigenvalue weighted by Crippen LogP contribution is 2.43. The second kappa shape index (κ2) is 9.41. The highest BCUT2D eigenvalue weighted by atomic mass is 32.2. The van der Waals surface area contributed by atoms with E-state index in [0.717, 1.165) is 28.2 Å². The number of para-hydroxylation sites is 1. The molecule has 8 rings (SSSR count). The molecule has 0 aliphatic carbocycles. The molecule has 0 N–H and O–H groups in total. The number of fused-ring (bicyclic) bond motifs is 6. The normalized spacial score (nSPS) is 12.3. The fraction of sp³-hybridized carbons (Fsp3) is 0. The summed E-state index contributed by atoms with van der Waals surface area (Å²) >= 11 is 1.84. The summed E-state index contributed by atoms with van der Waals surface area (Å²) < 4.78 is 2.36. The molecule has 7 aromatic rings. The Morgan fingerprint density at radius 3 is 2.10 bits per heavy atom. The molecule has 0 saturated heterocycles. The molecule has 2 aromatic heterocycles. The standard InChI is InChI=1S/C37H24N2S/c1-3-11-25(12-4-1)28-23-32(26-13-5-2-6-14-26)38-36(24-28)39-33-17-9-8-16-29(33)30-21-22-35-31(37(30)39)20-19-27-15-7-10-18-34(27)40-35/h1-24H. The van der Waals surface area contributed by atoms with Crippen molar-refractivity contribution < 1.29 is 0 Å². The minimum Gasteiger partial charge on any atom is -0.293 e. The van der Waals surface area contributed by atoms with Crippen molar-refractivity contribution in [1.82, 2.24) is 9.55 Å². The van der Waals surface area contributed by atoms with Gasteiger partial charge in [0.1, 0.15) is 5.82 Å².